The fraction of sp³-hybridized carbons (Fsp3) is 0.423. The van der Waals surface area contributed by atoms with Gasteiger partial charge in [0, 0.05) is 12.6 Å². The zero-order valence-corrected chi connectivity index (χ0v) is 18.7. The summed E-state index contributed by atoms with van der Waals surface area (Å²) in [5.74, 6) is 1.64. The summed E-state index contributed by atoms with van der Waals surface area (Å²) in [5.41, 5.74) is 2.80. The molecule has 0 aliphatic carbocycles. The van der Waals surface area contributed by atoms with E-state index in [0.717, 1.165) is 29.5 Å². The highest BCUT2D eigenvalue weighted by atomic mass is 16.5. The van der Waals surface area contributed by atoms with Crippen LogP contribution in [0.5, 0.6) is 17.2 Å². The summed E-state index contributed by atoms with van der Waals surface area (Å²) in [4.78, 5) is 14.8. The molecule has 2 heterocycles. The first kappa shape index (κ1) is 20.1. The quantitative estimate of drug-likeness (QED) is 0.335. The molecular weight excluding hydrogens is 390 g/mol. The fourth-order valence-electron chi connectivity index (χ4n) is 5.17. The number of hydrogen-bond donors (Lipinski definition) is 0. The van der Waals surface area contributed by atoms with Crippen molar-refractivity contribution in [3.63, 3.8) is 0 Å². The Morgan fingerprint density at radius 2 is 1.68 bits per heavy atom. The van der Waals surface area contributed by atoms with Crippen LogP contribution in [0.25, 0.3) is 21.5 Å². The third kappa shape index (κ3) is 3.32. The van der Waals surface area contributed by atoms with Crippen LogP contribution in [0.4, 0.5) is 0 Å². The van der Waals surface area contributed by atoms with Gasteiger partial charge in [-0.2, -0.15) is 0 Å². The molecule has 0 aromatic heterocycles. The molecule has 0 saturated carbocycles. The predicted octanol–water partition coefficient (Wildman–Crippen LogP) is 5.09. The van der Waals surface area contributed by atoms with E-state index < -0.39 is 0 Å². The summed E-state index contributed by atoms with van der Waals surface area (Å²) in [6, 6.07) is 10.8. The van der Waals surface area contributed by atoms with E-state index >= 15 is 0 Å². The van der Waals surface area contributed by atoms with Gasteiger partial charge in [-0.05, 0) is 82.7 Å². The molecule has 5 rings (SSSR count). The highest BCUT2D eigenvalue weighted by molar-refractivity contribution is 6.12. The van der Waals surface area contributed by atoms with Crippen LogP contribution < -0.4 is 14.2 Å². The maximum atomic E-state index is 12.2. The molecule has 2 aliphatic rings. The second-order valence-corrected chi connectivity index (χ2v) is 8.96. The molecule has 0 unspecified atom stereocenters. The van der Waals surface area contributed by atoms with Gasteiger partial charge in [0.2, 0.25) is 0 Å². The summed E-state index contributed by atoms with van der Waals surface area (Å²) < 4.78 is 16.9. The number of carbonyl (C=O) groups excluding carboxylic acids is 1. The Hall–Kier alpha value is -2.79. The molecular formula is C26H29NO4. The molecule has 162 valence electrons. The lowest BCUT2D eigenvalue weighted by Gasteiger charge is -2.33. The molecule has 0 spiro atoms. The first-order valence-electron chi connectivity index (χ1n) is 11.1. The first-order chi connectivity index (χ1) is 15.0. The second-order valence-electron chi connectivity index (χ2n) is 8.96. The van der Waals surface area contributed by atoms with E-state index in [1.165, 1.54) is 41.3 Å². The SMILES string of the molecule is COc1cc2c3c(c4ccc(OC(=O)C(C)C)cc4c2cc1OC)CN1CCC[C@H]1C3. The highest BCUT2D eigenvalue weighted by Gasteiger charge is 2.32. The van der Waals surface area contributed by atoms with Gasteiger partial charge in [-0.1, -0.05) is 19.9 Å². The number of benzene rings is 3. The monoisotopic (exact) mass is 419 g/mol. The topological polar surface area (TPSA) is 48.0 Å². The lowest BCUT2D eigenvalue weighted by Crippen LogP contribution is -2.35. The minimum absolute atomic E-state index is 0.174. The summed E-state index contributed by atoms with van der Waals surface area (Å²) in [5, 5.41) is 4.63. The van der Waals surface area contributed by atoms with Crippen LogP contribution in [0.15, 0.2) is 30.3 Å². The number of hydrogen-bond acceptors (Lipinski definition) is 5. The summed E-state index contributed by atoms with van der Waals surface area (Å²) in [7, 11) is 3.34. The van der Waals surface area contributed by atoms with E-state index in [1.807, 2.05) is 26.0 Å². The van der Waals surface area contributed by atoms with Gasteiger partial charge in [0.1, 0.15) is 5.75 Å². The van der Waals surface area contributed by atoms with Crippen LogP contribution in [0.2, 0.25) is 0 Å². The third-order valence-corrected chi connectivity index (χ3v) is 6.81. The van der Waals surface area contributed by atoms with Gasteiger partial charge < -0.3 is 14.2 Å². The molecule has 3 aromatic rings. The van der Waals surface area contributed by atoms with Crippen molar-refractivity contribution in [3.8, 4) is 17.2 Å². The Labute approximate surface area is 182 Å². The standard InChI is InChI=1S/C26H29NO4/c1-15(2)26(28)31-17-7-8-18-20(11-17)22-13-25(30-4)24(29-3)12-21(22)19-10-16-6-5-9-27(16)14-23(18)19/h7-8,11-13,15-16H,5-6,9-10,14H2,1-4H3/t16-/m0/s1. The van der Waals surface area contributed by atoms with Gasteiger partial charge >= 0.3 is 5.97 Å². The number of carbonyl (C=O) groups is 1. The fourth-order valence-corrected chi connectivity index (χ4v) is 5.17. The smallest absolute Gasteiger partial charge is 0.313 e. The Bertz CT molecular complexity index is 1180. The van der Waals surface area contributed by atoms with Crippen LogP contribution in [0.1, 0.15) is 37.8 Å². The molecule has 2 aliphatic heterocycles. The molecule has 31 heavy (non-hydrogen) atoms. The molecule has 0 N–H and O–H groups in total. The lowest BCUT2D eigenvalue weighted by atomic mass is 9.85. The van der Waals surface area contributed by atoms with E-state index in [4.69, 9.17) is 14.2 Å². The van der Waals surface area contributed by atoms with Gasteiger partial charge in [-0.15, -0.1) is 0 Å². The van der Waals surface area contributed by atoms with Crippen molar-refractivity contribution in [2.45, 2.75) is 45.7 Å². The van der Waals surface area contributed by atoms with Gasteiger partial charge in [-0.25, -0.2) is 0 Å². The molecule has 3 aromatic carbocycles. The van der Waals surface area contributed by atoms with E-state index in [0.29, 0.717) is 17.5 Å². The Morgan fingerprint density at radius 1 is 0.968 bits per heavy atom. The van der Waals surface area contributed by atoms with Crippen LogP contribution in [0.3, 0.4) is 0 Å². The molecule has 0 amide bonds. The molecule has 1 saturated heterocycles. The van der Waals surface area contributed by atoms with Crippen molar-refractivity contribution in [2.24, 2.45) is 5.92 Å². The molecule has 0 radical (unpaired) electrons. The van der Waals surface area contributed by atoms with Crippen molar-refractivity contribution >= 4 is 27.5 Å². The highest BCUT2D eigenvalue weighted by Crippen LogP contribution is 2.44. The second kappa shape index (κ2) is 7.72. The lowest BCUT2D eigenvalue weighted by molar-refractivity contribution is -0.137. The molecule has 5 heteroatoms. The van der Waals surface area contributed by atoms with Gasteiger partial charge in [0.25, 0.3) is 0 Å². The minimum atomic E-state index is -0.222. The number of nitrogens with zero attached hydrogens (tertiary/aromatic N) is 1. The van der Waals surface area contributed by atoms with Crippen molar-refractivity contribution < 1.29 is 19.0 Å². The van der Waals surface area contributed by atoms with Crippen LogP contribution in [-0.4, -0.2) is 37.7 Å². The maximum absolute atomic E-state index is 12.2. The van der Waals surface area contributed by atoms with Crippen molar-refractivity contribution in [1.82, 2.24) is 4.90 Å². The number of methoxy groups -OCH3 is 2. The average Bonchev–Trinajstić information content (AvgIpc) is 3.24. The summed E-state index contributed by atoms with van der Waals surface area (Å²) in [6.07, 6.45) is 3.58. The number of ether oxygens (including phenoxy) is 3. The zero-order chi connectivity index (χ0) is 21.7. The zero-order valence-electron chi connectivity index (χ0n) is 18.7. The normalized spacial score (nSPS) is 18.3. The van der Waals surface area contributed by atoms with Crippen LogP contribution >= 0.6 is 0 Å². The maximum Gasteiger partial charge on any atom is 0.313 e. The Morgan fingerprint density at radius 3 is 2.39 bits per heavy atom. The largest absolute Gasteiger partial charge is 0.493 e. The van der Waals surface area contributed by atoms with Crippen LogP contribution in [0, 0.1) is 5.92 Å². The van der Waals surface area contributed by atoms with Crippen molar-refractivity contribution in [2.75, 3.05) is 20.8 Å². The van der Waals surface area contributed by atoms with Gasteiger partial charge in [0.05, 0.1) is 20.1 Å². The predicted molar refractivity (Wildman–Crippen MR) is 122 cm³/mol. The van der Waals surface area contributed by atoms with Gasteiger partial charge in [-0.3, -0.25) is 9.69 Å². The first-order valence-corrected chi connectivity index (χ1v) is 11.1. The Balaban J connectivity index is 1.78. The van der Waals surface area contributed by atoms with Crippen molar-refractivity contribution in [3.05, 3.63) is 41.5 Å². The molecule has 0 bridgehead atoms. The average molecular weight is 420 g/mol. The summed E-state index contributed by atoms with van der Waals surface area (Å²) in [6.45, 7) is 5.82. The van der Waals surface area contributed by atoms with E-state index in [-0.39, 0.29) is 11.9 Å². The van der Waals surface area contributed by atoms with E-state index in [9.17, 15) is 4.79 Å². The number of fused-ring (bicyclic) bond motifs is 7. The minimum Gasteiger partial charge on any atom is -0.493 e. The Kier molecular flexibility index (Phi) is 5.01. The number of rotatable bonds is 4. The summed E-state index contributed by atoms with van der Waals surface area (Å²) >= 11 is 0. The van der Waals surface area contributed by atoms with Crippen molar-refractivity contribution in [1.29, 1.82) is 0 Å². The molecule has 1 fully saturated rings. The molecule has 5 nitrogen and oxygen atoms in total. The van der Waals surface area contributed by atoms with Gasteiger partial charge in [0.15, 0.2) is 11.5 Å². The number of esters is 1. The third-order valence-electron chi connectivity index (χ3n) is 6.81. The molecule has 1 atom stereocenters. The van der Waals surface area contributed by atoms with E-state index in [2.05, 4.69) is 23.1 Å². The van der Waals surface area contributed by atoms with E-state index in [1.54, 1.807) is 14.2 Å². The van der Waals surface area contributed by atoms with Crippen LogP contribution in [-0.2, 0) is 17.8 Å².